The first-order valence-corrected chi connectivity index (χ1v) is 6.37. The summed E-state index contributed by atoms with van der Waals surface area (Å²) >= 11 is 4.76. The van der Waals surface area contributed by atoms with Gasteiger partial charge in [0.15, 0.2) is 0 Å². The fraction of sp³-hybridized carbons (Fsp3) is 0.364. The number of hydrogen-bond acceptors (Lipinski definition) is 2. The lowest BCUT2D eigenvalue weighted by molar-refractivity contribution is 0.0956. The quantitative estimate of drug-likeness (QED) is 0.654. The number of halogens is 1. The smallest absolute Gasteiger partial charge is 0.262 e. The van der Waals surface area contributed by atoms with Crippen LogP contribution in [0, 0.1) is 12.3 Å². The first kappa shape index (κ1) is 12.3. The molecule has 0 bridgehead atoms. The molecule has 1 heterocycles. The van der Waals surface area contributed by atoms with Crippen molar-refractivity contribution < 1.29 is 4.79 Å². The summed E-state index contributed by atoms with van der Waals surface area (Å²) in [7, 11) is 0. The van der Waals surface area contributed by atoms with Crippen LogP contribution in [0.4, 0.5) is 0 Å². The SMILES string of the molecule is C#CCCCCNC(=O)c1sccc1Br. The van der Waals surface area contributed by atoms with Gasteiger partial charge in [-0.15, -0.1) is 23.7 Å². The van der Waals surface area contributed by atoms with Crippen molar-refractivity contribution in [3.63, 3.8) is 0 Å². The molecular formula is C11H12BrNOS. The van der Waals surface area contributed by atoms with Gasteiger partial charge in [-0.05, 0) is 40.2 Å². The first-order valence-electron chi connectivity index (χ1n) is 4.70. The monoisotopic (exact) mass is 285 g/mol. The molecule has 1 aromatic rings. The topological polar surface area (TPSA) is 29.1 Å². The Morgan fingerprint density at radius 1 is 1.60 bits per heavy atom. The minimum absolute atomic E-state index is 0.0161. The second-order valence-electron chi connectivity index (χ2n) is 3.01. The van der Waals surface area contributed by atoms with E-state index in [1.54, 1.807) is 0 Å². The maximum absolute atomic E-state index is 11.6. The molecule has 0 spiro atoms. The van der Waals surface area contributed by atoms with Crippen LogP contribution in [-0.2, 0) is 0 Å². The minimum atomic E-state index is -0.0161. The number of rotatable bonds is 5. The van der Waals surface area contributed by atoms with E-state index in [0.29, 0.717) is 6.54 Å². The number of unbranched alkanes of at least 4 members (excludes halogenated alkanes) is 2. The molecule has 0 radical (unpaired) electrons. The molecule has 0 aliphatic rings. The summed E-state index contributed by atoms with van der Waals surface area (Å²) in [5, 5.41) is 4.74. The molecule has 0 atom stereocenters. The largest absolute Gasteiger partial charge is 0.351 e. The van der Waals surface area contributed by atoms with Gasteiger partial charge in [0.05, 0.1) is 0 Å². The number of hydrogen-bond donors (Lipinski definition) is 1. The van der Waals surface area contributed by atoms with Gasteiger partial charge in [0, 0.05) is 17.4 Å². The van der Waals surface area contributed by atoms with Crippen molar-refractivity contribution >= 4 is 33.2 Å². The summed E-state index contributed by atoms with van der Waals surface area (Å²) in [6, 6.07) is 1.87. The maximum atomic E-state index is 11.6. The number of thiophene rings is 1. The lowest BCUT2D eigenvalue weighted by atomic mass is 10.2. The van der Waals surface area contributed by atoms with E-state index in [2.05, 4.69) is 27.2 Å². The van der Waals surface area contributed by atoms with Gasteiger partial charge in [-0.25, -0.2) is 0 Å². The summed E-state index contributed by atoms with van der Waals surface area (Å²) in [5.41, 5.74) is 0. The van der Waals surface area contributed by atoms with Gasteiger partial charge < -0.3 is 5.32 Å². The van der Waals surface area contributed by atoms with Crippen molar-refractivity contribution in [3.05, 3.63) is 20.8 Å². The van der Waals surface area contributed by atoms with E-state index >= 15 is 0 Å². The highest BCUT2D eigenvalue weighted by atomic mass is 79.9. The van der Waals surface area contributed by atoms with Gasteiger partial charge in [-0.1, -0.05) is 0 Å². The average Bonchev–Trinajstić information content (AvgIpc) is 2.64. The Hall–Kier alpha value is -0.790. The van der Waals surface area contributed by atoms with E-state index in [1.165, 1.54) is 11.3 Å². The molecule has 0 unspecified atom stereocenters. The molecule has 0 fully saturated rings. The highest BCUT2D eigenvalue weighted by Crippen LogP contribution is 2.22. The Morgan fingerprint density at radius 2 is 2.40 bits per heavy atom. The van der Waals surface area contributed by atoms with Crippen LogP contribution >= 0.6 is 27.3 Å². The molecule has 80 valence electrons. The van der Waals surface area contributed by atoms with Crippen molar-refractivity contribution in [2.75, 3.05) is 6.54 Å². The molecular weight excluding hydrogens is 274 g/mol. The van der Waals surface area contributed by atoms with E-state index < -0.39 is 0 Å². The Kier molecular flexibility index (Phi) is 5.44. The normalized spacial score (nSPS) is 9.60. The van der Waals surface area contributed by atoms with Crippen LogP contribution in [0.3, 0.4) is 0 Å². The minimum Gasteiger partial charge on any atom is -0.351 e. The Balaban J connectivity index is 2.26. The molecule has 1 N–H and O–H groups in total. The van der Waals surface area contributed by atoms with Crippen LogP contribution < -0.4 is 5.32 Å². The second kappa shape index (κ2) is 6.65. The first-order chi connectivity index (χ1) is 7.25. The molecule has 1 rings (SSSR count). The number of carbonyl (C=O) groups is 1. The fourth-order valence-electron chi connectivity index (χ4n) is 1.09. The summed E-state index contributed by atoms with van der Waals surface area (Å²) < 4.78 is 0.855. The van der Waals surface area contributed by atoms with Gasteiger partial charge in [0.25, 0.3) is 5.91 Å². The van der Waals surface area contributed by atoms with E-state index in [4.69, 9.17) is 6.42 Å². The van der Waals surface area contributed by atoms with Crippen LogP contribution in [0.2, 0.25) is 0 Å². The number of nitrogens with one attached hydrogen (secondary N) is 1. The molecule has 0 saturated carbocycles. The molecule has 2 nitrogen and oxygen atoms in total. The van der Waals surface area contributed by atoms with Crippen LogP contribution in [-0.4, -0.2) is 12.5 Å². The molecule has 1 amide bonds. The lowest BCUT2D eigenvalue weighted by Gasteiger charge is -2.02. The highest BCUT2D eigenvalue weighted by Gasteiger charge is 2.09. The number of carbonyl (C=O) groups excluding carboxylic acids is 1. The predicted molar refractivity (Wildman–Crippen MR) is 67.0 cm³/mol. The zero-order chi connectivity index (χ0) is 11.1. The Bertz CT molecular complexity index is 367. The van der Waals surface area contributed by atoms with E-state index in [-0.39, 0.29) is 5.91 Å². The van der Waals surface area contributed by atoms with Crippen LogP contribution in [0.25, 0.3) is 0 Å². The van der Waals surface area contributed by atoms with E-state index in [0.717, 1.165) is 28.6 Å². The zero-order valence-corrected chi connectivity index (χ0v) is 10.7. The fourth-order valence-corrected chi connectivity index (χ4v) is 2.56. The predicted octanol–water partition coefficient (Wildman–Crippen LogP) is 3.04. The Labute approximate surface area is 102 Å². The van der Waals surface area contributed by atoms with Crippen molar-refractivity contribution in [3.8, 4) is 12.3 Å². The van der Waals surface area contributed by atoms with E-state index in [1.807, 2.05) is 11.4 Å². The molecule has 0 aliphatic carbocycles. The maximum Gasteiger partial charge on any atom is 0.262 e. The number of amides is 1. The molecule has 0 saturated heterocycles. The standard InChI is InChI=1S/C11H12BrNOS/c1-2-3-4-5-7-13-11(14)10-9(12)6-8-15-10/h1,6,8H,3-5,7H2,(H,13,14). The molecule has 0 aliphatic heterocycles. The van der Waals surface area contributed by atoms with E-state index in [9.17, 15) is 4.79 Å². The third-order valence-electron chi connectivity index (χ3n) is 1.86. The van der Waals surface area contributed by atoms with Gasteiger partial charge >= 0.3 is 0 Å². The lowest BCUT2D eigenvalue weighted by Crippen LogP contribution is -2.23. The zero-order valence-electron chi connectivity index (χ0n) is 8.25. The van der Waals surface area contributed by atoms with Gasteiger partial charge in [-0.3, -0.25) is 4.79 Å². The van der Waals surface area contributed by atoms with Crippen molar-refractivity contribution in [1.29, 1.82) is 0 Å². The van der Waals surface area contributed by atoms with Gasteiger partial charge in [0.1, 0.15) is 4.88 Å². The summed E-state index contributed by atoms with van der Waals surface area (Å²) in [6.45, 7) is 0.685. The van der Waals surface area contributed by atoms with Gasteiger partial charge in [0.2, 0.25) is 0 Å². The van der Waals surface area contributed by atoms with Crippen molar-refractivity contribution in [2.24, 2.45) is 0 Å². The van der Waals surface area contributed by atoms with Crippen LogP contribution in [0.5, 0.6) is 0 Å². The van der Waals surface area contributed by atoms with Crippen LogP contribution in [0.15, 0.2) is 15.9 Å². The number of terminal acetylenes is 1. The van der Waals surface area contributed by atoms with Gasteiger partial charge in [-0.2, -0.15) is 0 Å². The molecule has 1 aromatic heterocycles. The third kappa shape index (κ3) is 4.06. The Morgan fingerprint density at radius 3 is 3.00 bits per heavy atom. The highest BCUT2D eigenvalue weighted by molar-refractivity contribution is 9.10. The summed E-state index contributed by atoms with van der Waals surface area (Å²) in [4.78, 5) is 12.3. The third-order valence-corrected chi connectivity index (χ3v) is 3.69. The second-order valence-corrected chi connectivity index (χ2v) is 4.79. The van der Waals surface area contributed by atoms with Crippen molar-refractivity contribution in [1.82, 2.24) is 5.32 Å². The summed E-state index contributed by atoms with van der Waals surface area (Å²) in [6.07, 6.45) is 7.79. The molecule has 15 heavy (non-hydrogen) atoms. The van der Waals surface area contributed by atoms with Crippen LogP contribution in [0.1, 0.15) is 28.9 Å². The van der Waals surface area contributed by atoms with Crippen molar-refractivity contribution in [2.45, 2.75) is 19.3 Å². The molecule has 4 heteroatoms. The average molecular weight is 286 g/mol. The summed E-state index contributed by atoms with van der Waals surface area (Å²) in [5.74, 6) is 2.56. The molecule has 0 aromatic carbocycles.